The summed E-state index contributed by atoms with van der Waals surface area (Å²) in [5, 5.41) is 0.579. The summed E-state index contributed by atoms with van der Waals surface area (Å²) in [5.41, 5.74) is 3.13. The smallest absolute Gasteiger partial charge is 0.305 e. The quantitative estimate of drug-likeness (QED) is 0.419. The number of aromatic nitrogens is 1. The van der Waals surface area contributed by atoms with E-state index in [0.29, 0.717) is 35.9 Å². The molecule has 0 fully saturated rings. The van der Waals surface area contributed by atoms with Crippen molar-refractivity contribution in [3.05, 3.63) is 59.7 Å². The van der Waals surface area contributed by atoms with Crippen molar-refractivity contribution in [2.45, 2.75) is 23.8 Å². The molecule has 0 aliphatic heterocycles. The molecule has 0 radical (unpaired) electrons. The number of para-hydroxylation sites is 2. The molecule has 146 valence electrons. The average molecular weight is 398 g/mol. The molecule has 0 saturated carbocycles. The highest BCUT2D eigenvalue weighted by Crippen LogP contribution is 2.27. The number of fused-ring (bicyclic) bond motifs is 1. The molecule has 7 heteroatoms. The standard InChI is InChI=1S/C21H22N2O4S/c1-23(13-7-12-19(24)26-2)20(25)16-9-4-3-8-15(16)14-28-21-22-17-10-5-6-11-18(17)27-21/h3-6,8-11H,7,12-14H2,1-2H3. The number of oxazole rings is 1. The van der Waals surface area contributed by atoms with Crippen molar-refractivity contribution in [1.29, 1.82) is 0 Å². The number of methoxy groups -OCH3 is 1. The molecule has 0 spiro atoms. The van der Waals surface area contributed by atoms with Gasteiger partial charge in [-0.25, -0.2) is 4.98 Å². The van der Waals surface area contributed by atoms with Crippen LogP contribution in [0.2, 0.25) is 0 Å². The number of hydrogen-bond donors (Lipinski definition) is 0. The molecule has 1 aromatic heterocycles. The molecule has 0 unspecified atom stereocenters. The zero-order chi connectivity index (χ0) is 19.9. The lowest BCUT2D eigenvalue weighted by molar-refractivity contribution is -0.140. The third-order valence-corrected chi connectivity index (χ3v) is 5.20. The number of amides is 1. The lowest BCUT2D eigenvalue weighted by Crippen LogP contribution is -2.29. The van der Waals surface area contributed by atoms with Crippen LogP contribution in [0.4, 0.5) is 0 Å². The third kappa shape index (κ3) is 4.92. The minimum atomic E-state index is -0.268. The Kier molecular flexibility index (Phi) is 6.71. The maximum atomic E-state index is 12.8. The van der Waals surface area contributed by atoms with Crippen molar-refractivity contribution in [3.63, 3.8) is 0 Å². The number of thioether (sulfide) groups is 1. The highest BCUT2D eigenvalue weighted by molar-refractivity contribution is 7.98. The van der Waals surface area contributed by atoms with Crippen molar-refractivity contribution in [3.8, 4) is 0 Å². The van der Waals surface area contributed by atoms with Crippen LogP contribution >= 0.6 is 11.8 Å². The van der Waals surface area contributed by atoms with Crippen LogP contribution in [-0.4, -0.2) is 42.5 Å². The van der Waals surface area contributed by atoms with Gasteiger partial charge in [-0.2, -0.15) is 0 Å². The number of rotatable bonds is 8. The number of carbonyl (C=O) groups is 2. The summed E-state index contributed by atoms with van der Waals surface area (Å²) in [5.74, 6) is 0.236. The normalized spacial score (nSPS) is 10.8. The van der Waals surface area contributed by atoms with Crippen LogP contribution in [0, 0.1) is 0 Å². The van der Waals surface area contributed by atoms with Crippen LogP contribution in [0.3, 0.4) is 0 Å². The van der Waals surface area contributed by atoms with Crippen LogP contribution in [0.1, 0.15) is 28.8 Å². The van der Waals surface area contributed by atoms with Crippen LogP contribution in [-0.2, 0) is 15.3 Å². The molecular formula is C21H22N2O4S. The van der Waals surface area contributed by atoms with Gasteiger partial charge < -0.3 is 14.1 Å². The lowest BCUT2D eigenvalue weighted by atomic mass is 10.1. The summed E-state index contributed by atoms with van der Waals surface area (Å²) in [4.78, 5) is 30.1. The second-order valence-electron chi connectivity index (χ2n) is 6.30. The van der Waals surface area contributed by atoms with Crippen LogP contribution < -0.4 is 0 Å². The molecule has 0 N–H and O–H groups in total. The minimum Gasteiger partial charge on any atom is -0.469 e. The maximum Gasteiger partial charge on any atom is 0.305 e. The van der Waals surface area contributed by atoms with Gasteiger partial charge in [0.1, 0.15) is 5.52 Å². The van der Waals surface area contributed by atoms with E-state index in [1.54, 1.807) is 11.9 Å². The van der Waals surface area contributed by atoms with E-state index in [9.17, 15) is 9.59 Å². The Balaban J connectivity index is 1.64. The molecule has 0 aliphatic carbocycles. The predicted molar refractivity (Wildman–Crippen MR) is 108 cm³/mol. The molecule has 0 saturated heterocycles. The van der Waals surface area contributed by atoms with E-state index in [1.807, 2.05) is 48.5 Å². The first kappa shape index (κ1) is 19.9. The fourth-order valence-corrected chi connectivity index (χ4v) is 3.62. The summed E-state index contributed by atoms with van der Waals surface area (Å²) in [7, 11) is 3.10. The van der Waals surface area contributed by atoms with Gasteiger partial charge in [0.2, 0.25) is 0 Å². The Morgan fingerprint density at radius 3 is 2.68 bits per heavy atom. The van der Waals surface area contributed by atoms with Gasteiger partial charge in [0.25, 0.3) is 11.1 Å². The number of hydrogen-bond acceptors (Lipinski definition) is 6. The topological polar surface area (TPSA) is 72.6 Å². The van der Waals surface area contributed by atoms with Crippen molar-refractivity contribution in [2.75, 3.05) is 20.7 Å². The van der Waals surface area contributed by atoms with Gasteiger partial charge in [-0.15, -0.1) is 0 Å². The molecule has 28 heavy (non-hydrogen) atoms. The van der Waals surface area contributed by atoms with Crippen molar-refractivity contribution in [2.24, 2.45) is 0 Å². The number of ether oxygens (including phenoxy) is 1. The Morgan fingerprint density at radius 1 is 1.14 bits per heavy atom. The van der Waals surface area contributed by atoms with Gasteiger partial charge in [-0.1, -0.05) is 42.1 Å². The molecule has 2 aromatic carbocycles. The van der Waals surface area contributed by atoms with E-state index in [2.05, 4.69) is 9.72 Å². The summed E-state index contributed by atoms with van der Waals surface area (Å²) < 4.78 is 10.4. The second kappa shape index (κ2) is 9.41. The minimum absolute atomic E-state index is 0.0707. The highest BCUT2D eigenvalue weighted by Gasteiger charge is 2.16. The lowest BCUT2D eigenvalue weighted by Gasteiger charge is -2.18. The largest absolute Gasteiger partial charge is 0.469 e. The van der Waals surface area contributed by atoms with Gasteiger partial charge in [-0.3, -0.25) is 9.59 Å². The number of esters is 1. The van der Waals surface area contributed by atoms with E-state index in [1.165, 1.54) is 18.9 Å². The van der Waals surface area contributed by atoms with Gasteiger partial charge in [0.15, 0.2) is 5.58 Å². The van der Waals surface area contributed by atoms with E-state index < -0.39 is 0 Å². The fourth-order valence-electron chi connectivity index (χ4n) is 2.78. The molecule has 0 atom stereocenters. The third-order valence-electron chi connectivity index (χ3n) is 4.32. The SMILES string of the molecule is COC(=O)CCCN(C)C(=O)c1ccccc1CSc1nc2ccccc2o1. The second-order valence-corrected chi connectivity index (χ2v) is 7.23. The number of benzene rings is 2. The van der Waals surface area contributed by atoms with Crippen LogP contribution in [0.5, 0.6) is 0 Å². The summed E-state index contributed by atoms with van der Waals surface area (Å²) >= 11 is 1.46. The summed E-state index contributed by atoms with van der Waals surface area (Å²) in [6.45, 7) is 0.487. The van der Waals surface area contributed by atoms with E-state index in [-0.39, 0.29) is 11.9 Å². The van der Waals surface area contributed by atoms with Gasteiger partial charge in [-0.05, 0) is 30.2 Å². The monoisotopic (exact) mass is 398 g/mol. The Hall–Kier alpha value is -2.80. The molecule has 6 nitrogen and oxygen atoms in total. The molecule has 1 amide bonds. The summed E-state index contributed by atoms with van der Waals surface area (Å²) in [6.07, 6.45) is 0.859. The molecule has 3 rings (SSSR count). The van der Waals surface area contributed by atoms with Gasteiger partial charge in [0, 0.05) is 31.3 Å². The van der Waals surface area contributed by atoms with Crippen LogP contribution in [0.25, 0.3) is 11.1 Å². The number of carbonyl (C=O) groups excluding carboxylic acids is 2. The van der Waals surface area contributed by atoms with Gasteiger partial charge in [0.05, 0.1) is 7.11 Å². The first-order valence-corrected chi connectivity index (χ1v) is 9.95. The molecule has 3 aromatic rings. The Morgan fingerprint density at radius 2 is 1.89 bits per heavy atom. The first-order chi connectivity index (χ1) is 13.6. The van der Waals surface area contributed by atoms with Crippen molar-refractivity contribution < 1.29 is 18.7 Å². The van der Waals surface area contributed by atoms with Gasteiger partial charge >= 0.3 is 5.97 Å². The zero-order valence-corrected chi connectivity index (χ0v) is 16.7. The maximum absolute atomic E-state index is 12.8. The predicted octanol–water partition coefficient (Wildman–Crippen LogP) is 4.15. The molecular weight excluding hydrogens is 376 g/mol. The highest BCUT2D eigenvalue weighted by atomic mass is 32.2. The fraction of sp³-hybridized carbons (Fsp3) is 0.286. The summed E-state index contributed by atoms with van der Waals surface area (Å²) in [6, 6.07) is 15.1. The Labute approximate surface area is 167 Å². The molecule has 1 heterocycles. The first-order valence-electron chi connectivity index (χ1n) is 8.97. The average Bonchev–Trinajstić information content (AvgIpc) is 3.14. The van der Waals surface area contributed by atoms with Crippen LogP contribution in [0.15, 0.2) is 58.2 Å². The van der Waals surface area contributed by atoms with Crippen molar-refractivity contribution >= 4 is 34.7 Å². The Bertz CT molecular complexity index is 937. The molecule has 0 aliphatic rings. The van der Waals surface area contributed by atoms with E-state index >= 15 is 0 Å². The van der Waals surface area contributed by atoms with E-state index in [4.69, 9.17) is 4.42 Å². The molecule has 0 bridgehead atoms. The number of nitrogens with zero attached hydrogens (tertiary/aromatic N) is 2. The zero-order valence-electron chi connectivity index (χ0n) is 15.9. The van der Waals surface area contributed by atoms with E-state index in [0.717, 1.165) is 16.7 Å². The van der Waals surface area contributed by atoms with Crippen molar-refractivity contribution in [1.82, 2.24) is 9.88 Å².